The van der Waals surface area contributed by atoms with Gasteiger partial charge in [0.15, 0.2) is 0 Å². The molecule has 1 atom stereocenters. The molecule has 0 aliphatic rings. The average Bonchev–Trinajstić information content (AvgIpc) is 1.97. The lowest BCUT2D eigenvalue weighted by Gasteiger charge is -2.37. The van der Waals surface area contributed by atoms with Crippen molar-refractivity contribution >= 4 is 11.9 Å². The lowest BCUT2D eigenvalue weighted by molar-refractivity contribution is -0.149. The molecule has 14 heavy (non-hydrogen) atoms. The molecule has 5 heteroatoms. The molecule has 0 rings (SSSR count). The van der Waals surface area contributed by atoms with Crippen molar-refractivity contribution in [2.75, 3.05) is 0 Å². The third kappa shape index (κ3) is 2.70. The van der Waals surface area contributed by atoms with Crippen LogP contribution < -0.4 is 5.73 Å². The number of aliphatic carboxylic acids is 2. The Kier molecular flexibility index (Phi) is 3.65. The Balaban J connectivity index is 4.75. The number of carbonyl (C=O) groups is 2. The molecule has 0 aromatic rings. The van der Waals surface area contributed by atoms with E-state index in [-0.39, 0.29) is 12.8 Å². The summed E-state index contributed by atoms with van der Waals surface area (Å²) in [6.07, 6.45) is -0.304. The fraction of sp³-hybridized carbons (Fsp3) is 0.778. The maximum Gasteiger partial charge on any atom is 0.324 e. The summed E-state index contributed by atoms with van der Waals surface area (Å²) in [5.41, 5.74) is 3.54. The predicted molar refractivity (Wildman–Crippen MR) is 50.9 cm³/mol. The van der Waals surface area contributed by atoms with Gasteiger partial charge in [0.2, 0.25) is 0 Å². The van der Waals surface area contributed by atoms with Crippen molar-refractivity contribution in [2.24, 2.45) is 11.1 Å². The van der Waals surface area contributed by atoms with Crippen LogP contribution in [0.2, 0.25) is 0 Å². The van der Waals surface area contributed by atoms with Crippen LogP contribution in [0.25, 0.3) is 0 Å². The highest BCUT2D eigenvalue weighted by molar-refractivity contribution is 5.80. The van der Waals surface area contributed by atoms with Crippen molar-refractivity contribution in [3.63, 3.8) is 0 Å². The molecule has 82 valence electrons. The van der Waals surface area contributed by atoms with Gasteiger partial charge in [0.1, 0.15) is 5.54 Å². The second kappa shape index (κ2) is 3.96. The largest absolute Gasteiger partial charge is 0.481 e. The minimum atomic E-state index is -1.49. The first-order chi connectivity index (χ1) is 6.11. The van der Waals surface area contributed by atoms with E-state index in [2.05, 4.69) is 0 Å². The SMILES string of the molecule is CC(C)(C)[C@@](N)(CCC(=O)O)C(=O)O. The van der Waals surface area contributed by atoms with Gasteiger partial charge in [0.05, 0.1) is 0 Å². The quantitative estimate of drug-likeness (QED) is 0.623. The molecular formula is C9H17NO4. The van der Waals surface area contributed by atoms with E-state index in [1.54, 1.807) is 20.8 Å². The number of carboxylic acid groups (broad SMARTS) is 2. The van der Waals surface area contributed by atoms with E-state index in [9.17, 15) is 9.59 Å². The number of carboxylic acids is 2. The van der Waals surface area contributed by atoms with Crippen molar-refractivity contribution in [3.05, 3.63) is 0 Å². The second-order valence-corrected chi connectivity index (χ2v) is 4.42. The van der Waals surface area contributed by atoms with Crippen LogP contribution in [0.3, 0.4) is 0 Å². The van der Waals surface area contributed by atoms with Gasteiger partial charge in [-0.1, -0.05) is 20.8 Å². The first kappa shape index (κ1) is 12.9. The first-order valence-electron chi connectivity index (χ1n) is 4.35. The van der Waals surface area contributed by atoms with Gasteiger partial charge >= 0.3 is 11.9 Å². The Morgan fingerprint density at radius 1 is 1.21 bits per heavy atom. The fourth-order valence-electron chi connectivity index (χ4n) is 1.11. The summed E-state index contributed by atoms with van der Waals surface area (Å²) >= 11 is 0. The van der Waals surface area contributed by atoms with Gasteiger partial charge in [-0.05, 0) is 11.8 Å². The summed E-state index contributed by atoms with van der Waals surface area (Å²) < 4.78 is 0. The molecule has 0 aromatic carbocycles. The maximum atomic E-state index is 11.0. The molecule has 4 N–H and O–H groups in total. The summed E-state index contributed by atoms with van der Waals surface area (Å²) in [6.45, 7) is 5.05. The third-order valence-corrected chi connectivity index (χ3v) is 2.45. The summed E-state index contributed by atoms with van der Waals surface area (Å²) in [4.78, 5) is 21.3. The molecule has 0 aliphatic carbocycles. The van der Waals surface area contributed by atoms with Crippen LogP contribution >= 0.6 is 0 Å². The Morgan fingerprint density at radius 2 is 1.64 bits per heavy atom. The lowest BCUT2D eigenvalue weighted by Crippen LogP contribution is -2.57. The molecule has 0 radical (unpaired) electrons. The Labute approximate surface area is 82.9 Å². The monoisotopic (exact) mass is 203 g/mol. The molecular weight excluding hydrogens is 186 g/mol. The van der Waals surface area contributed by atoms with Crippen LogP contribution in [0.4, 0.5) is 0 Å². The second-order valence-electron chi connectivity index (χ2n) is 4.42. The number of rotatable bonds is 4. The highest BCUT2D eigenvalue weighted by Crippen LogP contribution is 2.32. The minimum absolute atomic E-state index is 0.0683. The van der Waals surface area contributed by atoms with E-state index in [4.69, 9.17) is 15.9 Å². The van der Waals surface area contributed by atoms with Crippen molar-refractivity contribution in [1.29, 1.82) is 0 Å². The third-order valence-electron chi connectivity index (χ3n) is 2.45. The first-order valence-corrected chi connectivity index (χ1v) is 4.35. The molecule has 0 aliphatic heterocycles. The van der Waals surface area contributed by atoms with E-state index in [1.165, 1.54) is 0 Å². The van der Waals surface area contributed by atoms with Crippen LogP contribution in [-0.4, -0.2) is 27.7 Å². The molecule has 0 unspecified atom stereocenters. The summed E-state index contributed by atoms with van der Waals surface area (Å²) in [5, 5.41) is 17.4. The van der Waals surface area contributed by atoms with E-state index in [1.807, 2.05) is 0 Å². The van der Waals surface area contributed by atoms with Gasteiger partial charge in [-0.15, -0.1) is 0 Å². The smallest absolute Gasteiger partial charge is 0.324 e. The van der Waals surface area contributed by atoms with Crippen LogP contribution in [0.5, 0.6) is 0 Å². The van der Waals surface area contributed by atoms with Crippen LogP contribution in [-0.2, 0) is 9.59 Å². The molecule has 0 heterocycles. The summed E-state index contributed by atoms with van der Waals surface area (Å²) in [5.74, 6) is -2.20. The van der Waals surface area contributed by atoms with Gasteiger partial charge in [0.25, 0.3) is 0 Å². The molecule has 0 saturated carbocycles. The average molecular weight is 203 g/mol. The van der Waals surface area contributed by atoms with Gasteiger partial charge in [-0.25, -0.2) is 0 Å². The van der Waals surface area contributed by atoms with Crippen molar-refractivity contribution < 1.29 is 19.8 Å². The number of hydrogen-bond acceptors (Lipinski definition) is 3. The fourth-order valence-corrected chi connectivity index (χ4v) is 1.11. The Bertz CT molecular complexity index is 244. The Hall–Kier alpha value is -1.10. The van der Waals surface area contributed by atoms with Crippen molar-refractivity contribution in [1.82, 2.24) is 0 Å². The zero-order valence-corrected chi connectivity index (χ0v) is 8.70. The number of hydrogen-bond donors (Lipinski definition) is 3. The highest BCUT2D eigenvalue weighted by Gasteiger charge is 2.45. The molecule has 0 fully saturated rings. The van der Waals surface area contributed by atoms with Crippen molar-refractivity contribution in [3.8, 4) is 0 Å². The van der Waals surface area contributed by atoms with Crippen LogP contribution in [0, 0.1) is 5.41 Å². The van der Waals surface area contributed by atoms with E-state index < -0.39 is 22.9 Å². The van der Waals surface area contributed by atoms with Crippen LogP contribution in [0.1, 0.15) is 33.6 Å². The van der Waals surface area contributed by atoms with E-state index in [0.717, 1.165) is 0 Å². The minimum Gasteiger partial charge on any atom is -0.481 e. The van der Waals surface area contributed by atoms with E-state index >= 15 is 0 Å². The molecule has 0 amide bonds. The molecule has 5 nitrogen and oxygen atoms in total. The molecule has 0 bridgehead atoms. The lowest BCUT2D eigenvalue weighted by atomic mass is 9.71. The predicted octanol–water partition coefficient (Wildman–Crippen LogP) is 0.679. The zero-order chi connectivity index (χ0) is 11.6. The Morgan fingerprint density at radius 3 is 1.86 bits per heavy atom. The molecule has 0 aromatic heterocycles. The summed E-state index contributed by atoms with van der Waals surface area (Å²) in [6, 6.07) is 0. The van der Waals surface area contributed by atoms with Gasteiger partial charge < -0.3 is 15.9 Å². The standard InChI is InChI=1S/C9H17NO4/c1-8(2,3)9(10,7(13)14)5-4-6(11)12/h4-5,10H2,1-3H3,(H,11,12)(H,13,14)/t9-/m1/s1. The topological polar surface area (TPSA) is 101 Å². The molecule has 0 spiro atoms. The van der Waals surface area contributed by atoms with Gasteiger partial charge in [-0.2, -0.15) is 0 Å². The molecule has 0 saturated heterocycles. The maximum absolute atomic E-state index is 11.0. The summed E-state index contributed by atoms with van der Waals surface area (Å²) in [7, 11) is 0. The zero-order valence-electron chi connectivity index (χ0n) is 8.70. The van der Waals surface area contributed by atoms with Gasteiger partial charge in [-0.3, -0.25) is 9.59 Å². The van der Waals surface area contributed by atoms with Crippen molar-refractivity contribution in [2.45, 2.75) is 39.2 Å². The van der Waals surface area contributed by atoms with Crippen LogP contribution in [0.15, 0.2) is 0 Å². The van der Waals surface area contributed by atoms with E-state index in [0.29, 0.717) is 0 Å². The normalized spacial score (nSPS) is 16.0. The number of nitrogens with two attached hydrogens (primary N) is 1. The van der Waals surface area contributed by atoms with Gasteiger partial charge in [0, 0.05) is 6.42 Å². The highest BCUT2D eigenvalue weighted by atomic mass is 16.4.